The highest BCUT2D eigenvalue weighted by Gasteiger charge is 2.64. The van der Waals surface area contributed by atoms with Crippen LogP contribution in [0.15, 0.2) is 24.3 Å². The number of fused-ring (bicyclic) bond motifs is 3. The SMILES string of the molecule is CCCCCCCCCCCCCCCCCCCCOC1C2C(=O)OC(=O)C2c2ccccc2C1(C)C1CC(=O)OC1=O. The Kier molecular flexibility index (Phi) is 13.4. The van der Waals surface area contributed by atoms with Gasteiger partial charge in [-0.3, -0.25) is 19.2 Å². The molecule has 2 heterocycles. The van der Waals surface area contributed by atoms with Gasteiger partial charge in [-0.15, -0.1) is 0 Å². The zero-order valence-corrected chi connectivity index (χ0v) is 27.1. The number of carbonyl (C=O) groups is 4. The molecule has 3 aliphatic rings. The van der Waals surface area contributed by atoms with Gasteiger partial charge >= 0.3 is 23.9 Å². The van der Waals surface area contributed by atoms with E-state index in [1.54, 1.807) is 6.07 Å². The summed E-state index contributed by atoms with van der Waals surface area (Å²) in [6.07, 6.45) is 22.4. The molecule has 7 heteroatoms. The van der Waals surface area contributed by atoms with Crippen LogP contribution in [0, 0.1) is 11.8 Å². The molecule has 4 rings (SSSR count). The van der Waals surface area contributed by atoms with Crippen molar-refractivity contribution in [1.82, 2.24) is 0 Å². The average molecular weight is 611 g/mol. The summed E-state index contributed by atoms with van der Waals surface area (Å²) in [6.45, 7) is 4.54. The molecule has 0 amide bonds. The van der Waals surface area contributed by atoms with Crippen LogP contribution in [0.4, 0.5) is 0 Å². The number of hydrogen-bond donors (Lipinski definition) is 0. The van der Waals surface area contributed by atoms with Crippen LogP contribution in [0.3, 0.4) is 0 Å². The van der Waals surface area contributed by atoms with Crippen LogP contribution in [-0.4, -0.2) is 36.6 Å². The van der Waals surface area contributed by atoms with Crippen LogP contribution in [-0.2, 0) is 38.8 Å². The Bertz CT molecular complexity index is 1110. The number of cyclic esters (lactones) is 4. The van der Waals surface area contributed by atoms with Crippen LogP contribution in [0.1, 0.15) is 153 Å². The van der Waals surface area contributed by atoms with Crippen molar-refractivity contribution in [3.63, 3.8) is 0 Å². The maximum atomic E-state index is 13.0. The van der Waals surface area contributed by atoms with Gasteiger partial charge in [0.1, 0.15) is 5.92 Å². The lowest BCUT2D eigenvalue weighted by Crippen LogP contribution is -2.56. The van der Waals surface area contributed by atoms with Crippen molar-refractivity contribution in [2.45, 2.75) is 153 Å². The topological polar surface area (TPSA) is 96.0 Å². The second kappa shape index (κ2) is 17.2. The Morgan fingerprint density at radius 3 is 1.73 bits per heavy atom. The summed E-state index contributed by atoms with van der Waals surface area (Å²) in [5.41, 5.74) is 0.391. The number of rotatable bonds is 21. The van der Waals surface area contributed by atoms with E-state index in [0.29, 0.717) is 12.2 Å². The largest absolute Gasteiger partial charge is 0.393 e. The van der Waals surface area contributed by atoms with E-state index in [0.717, 1.165) is 24.8 Å². The zero-order valence-electron chi connectivity index (χ0n) is 27.1. The Hall–Kier alpha value is -2.54. The van der Waals surface area contributed by atoms with Gasteiger partial charge in [0.2, 0.25) is 0 Å². The molecule has 2 saturated heterocycles. The Morgan fingerprint density at radius 1 is 0.682 bits per heavy atom. The second-order valence-electron chi connectivity index (χ2n) is 13.5. The smallest absolute Gasteiger partial charge is 0.322 e. The van der Waals surface area contributed by atoms with Crippen molar-refractivity contribution < 1.29 is 33.4 Å². The monoisotopic (exact) mass is 610 g/mol. The minimum atomic E-state index is -1.01. The van der Waals surface area contributed by atoms with Crippen LogP contribution in [0.5, 0.6) is 0 Å². The molecule has 1 aliphatic carbocycles. The summed E-state index contributed by atoms with van der Waals surface area (Å²) in [5, 5.41) is 0. The molecular formula is C37H54O7. The van der Waals surface area contributed by atoms with E-state index in [2.05, 4.69) is 6.92 Å². The molecule has 2 fully saturated rings. The van der Waals surface area contributed by atoms with Crippen molar-refractivity contribution in [3.05, 3.63) is 35.4 Å². The first-order chi connectivity index (χ1) is 21.4. The lowest BCUT2D eigenvalue weighted by atomic mass is 9.56. The number of hydrogen-bond acceptors (Lipinski definition) is 7. The summed E-state index contributed by atoms with van der Waals surface area (Å²) in [6, 6.07) is 7.32. The first-order valence-corrected chi connectivity index (χ1v) is 17.6. The molecule has 5 atom stereocenters. The van der Waals surface area contributed by atoms with Gasteiger partial charge in [-0.2, -0.15) is 0 Å². The van der Waals surface area contributed by atoms with Crippen LogP contribution in [0.2, 0.25) is 0 Å². The quantitative estimate of drug-likeness (QED) is 0.0785. The molecule has 0 spiro atoms. The van der Waals surface area contributed by atoms with Gasteiger partial charge in [-0.05, 0) is 17.5 Å². The Morgan fingerprint density at radius 2 is 1.20 bits per heavy atom. The molecule has 5 unspecified atom stereocenters. The zero-order chi connectivity index (χ0) is 31.4. The minimum Gasteiger partial charge on any atom is -0.393 e. The van der Waals surface area contributed by atoms with Crippen LogP contribution in [0.25, 0.3) is 0 Å². The van der Waals surface area contributed by atoms with Gasteiger partial charge in [0, 0.05) is 12.0 Å². The third kappa shape index (κ3) is 8.38. The fourth-order valence-electron chi connectivity index (χ4n) is 7.73. The van der Waals surface area contributed by atoms with E-state index in [1.165, 1.54) is 96.3 Å². The summed E-state index contributed by atoms with van der Waals surface area (Å²) < 4.78 is 16.5. The Labute approximate surface area is 264 Å². The van der Waals surface area contributed by atoms with Crippen molar-refractivity contribution in [1.29, 1.82) is 0 Å². The van der Waals surface area contributed by atoms with E-state index in [1.807, 2.05) is 25.1 Å². The van der Waals surface area contributed by atoms with Crippen molar-refractivity contribution in [2.24, 2.45) is 11.8 Å². The fraction of sp³-hybridized carbons (Fsp3) is 0.730. The highest BCUT2D eigenvalue weighted by atomic mass is 16.6. The fourth-order valence-corrected chi connectivity index (χ4v) is 7.73. The van der Waals surface area contributed by atoms with Gasteiger partial charge in [0.25, 0.3) is 0 Å². The highest BCUT2D eigenvalue weighted by Crippen LogP contribution is 2.55. The maximum Gasteiger partial charge on any atom is 0.322 e. The molecule has 0 saturated carbocycles. The lowest BCUT2D eigenvalue weighted by molar-refractivity contribution is -0.160. The molecular weight excluding hydrogens is 556 g/mol. The lowest BCUT2D eigenvalue weighted by Gasteiger charge is -2.48. The molecule has 1 aromatic carbocycles. The molecule has 1 aromatic rings. The molecule has 7 nitrogen and oxygen atoms in total. The number of carbonyl (C=O) groups excluding carboxylic acids is 4. The standard InChI is InChI=1S/C37H54O7/c1-3-4-5-6-7-8-9-10-11-12-13-14-15-16-17-18-19-22-25-42-33-32-31(35(40)44-36(32)41)27-23-20-21-24-28(27)37(33,2)29-26-30(38)43-34(29)39/h20-21,23-24,29,31-33H,3-19,22,25-26H2,1-2H3. The molecule has 244 valence electrons. The van der Waals surface area contributed by atoms with E-state index in [9.17, 15) is 19.2 Å². The highest BCUT2D eigenvalue weighted by molar-refractivity contribution is 6.02. The van der Waals surface area contributed by atoms with Crippen molar-refractivity contribution in [2.75, 3.05) is 6.61 Å². The molecule has 0 radical (unpaired) electrons. The van der Waals surface area contributed by atoms with E-state index in [-0.39, 0.29) is 6.42 Å². The van der Waals surface area contributed by atoms with E-state index < -0.39 is 53.1 Å². The molecule has 44 heavy (non-hydrogen) atoms. The number of benzene rings is 1. The average Bonchev–Trinajstić information content (AvgIpc) is 3.51. The van der Waals surface area contributed by atoms with Crippen LogP contribution >= 0.6 is 0 Å². The molecule has 0 N–H and O–H groups in total. The second-order valence-corrected chi connectivity index (χ2v) is 13.5. The van der Waals surface area contributed by atoms with Gasteiger partial charge in [-0.25, -0.2) is 0 Å². The van der Waals surface area contributed by atoms with Crippen molar-refractivity contribution >= 4 is 23.9 Å². The predicted molar refractivity (Wildman–Crippen MR) is 169 cm³/mol. The van der Waals surface area contributed by atoms with E-state index >= 15 is 0 Å². The number of ether oxygens (including phenoxy) is 3. The normalized spacial score (nSPS) is 26.0. The third-order valence-corrected chi connectivity index (χ3v) is 10.3. The van der Waals surface area contributed by atoms with Gasteiger partial charge in [0.05, 0.1) is 24.4 Å². The van der Waals surface area contributed by atoms with E-state index in [4.69, 9.17) is 14.2 Å². The summed E-state index contributed by atoms with van der Waals surface area (Å²) in [4.78, 5) is 50.7. The maximum absolute atomic E-state index is 13.0. The summed E-state index contributed by atoms with van der Waals surface area (Å²) >= 11 is 0. The summed E-state index contributed by atoms with van der Waals surface area (Å²) in [7, 11) is 0. The van der Waals surface area contributed by atoms with Gasteiger partial charge in [-0.1, -0.05) is 147 Å². The van der Waals surface area contributed by atoms with Crippen molar-refractivity contribution in [3.8, 4) is 0 Å². The van der Waals surface area contributed by atoms with Crippen LogP contribution < -0.4 is 0 Å². The van der Waals surface area contributed by atoms with Gasteiger partial charge < -0.3 is 14.2 Å². The summed E-state index contributed by atoms with van der Waals surface area (Å²) in [5.74, 6) is -4.82. The predicted octanol–water partition coefficient (Wildman–Crippen LogP) is 8.26. The molecule has 0 bridgehead atoms. The Balaban J connectivity index is 1.17. The van der Waals surface area contributed by atoms with Gasteiger partial charge in [0.15, 0.2) is 0 Å². The third-order valence-electron chi connectivity index (χ3n) is 10.3. The first-order valence-electron chi connectivity index (χ1n) is 17.6. The minimum absolute atomic E-state index is 0.0803. The molecule has 2 aliphatic heterocycles. The number of unbranched alkanes of at least 4 members (excludes halogenated alkanes) is 17. The molecule has 0 aromatic heterocycles. The number of esters is 4. The first kappa shape index (κ1) is 34.3.